The largest absolute Gasteiger partial charge is 0.366 e. The molecule has 3 fully saturated rings. The summed E-state index contributed by atoms with van der Waals surface area (Å²) in [6.45, 7) is 11.2. The Kier molecular flexibility index (Phi) is 7.37. The number of piperazine rings is 2. The molecule has 41 heavy (non-hydrogen) atoms. The number of fused-ring (bicyclic) bond motifs is 4. The standard InChI is InChI=1S/C32H42N8O/c1-5-24-21-39(18-17-38(24)16-15-31(2,3)4)25-10-12-27(33-20-25)36-30-34-19-23-9-11-26-29(41)35-22-32(13-7-6-8-14-32)40(26)28(23)37-30/h1,9-12,19-20,24,26H,6-8,13-18,21-22H2,2-4H3,(H,35,41)(H,33,34,36,37). The molecule has 0 bridgehead atoms. The number of hydrogen-bond acceptors (Lipinski definition) is 8. The molecule has 3 aliphatic heterocycles. The summed E-state index contributed by atoms with van der Waals surface area (Å²) in [6.07, 6.45) is 20.4. The maximum absolute atomic E-state index is 12.8. The number of pyridine rings is 1. The molecule has 9 heteroatoms. The van der Waals surface area contributed by atoms with E-state index in [1.807, 2.05) is 30.6 Å². The lowest BCUT2D eigenvalue weighted by atomic mass is 9.77. The van der Waals surface area contributed by atoms with Gasteiger partial charge in [0, 0.05) is 37.9 Å². The minimum absolute atomic E-state index is 0.0376. The maximum Gasteiger partial charge on any atom is 0.246 e. The molecule has 2 N–H and O–H groups in total. The van der Waals surface area contributed by atoms with E-state index >= 15 is 0 Å². The number of rotatable bonds is 5. The zero-order valence-electron chi connectivity index (χ0n) is 24.6. The summed E-state index contributed by atoms with van der Waals surface area (Å²) in [5, 5.41) is 6.46. The number of amides is 1. The molecule has 1 aliphatic carbocycles. The number of carbonyl (C=O) groups is 1. The van der Waals surface area contributed by atoms with Crippen LogP contribution in [0.25, 0.3) is 6.08 Å². The van der Waals surface area contributed by atoms with E-state index in [9.17, 15) is 4.79 Å². The van der Waals surface area contributed by atoms with Gasteiger partial charge in [0.25, 0.3) is 0 Å². The van der Waals surface area contributed by atoms with E-state index in [2.05, 4.69) is 68.1 Å². The Hall–Kier alpha value is -3.64. The van der Waals surface area contributed by atoms with E-state index in [1.165, 1.54) is 19.3 Å². The smallest absolute Gasteiger partial charge is 0.246 e. The van der Waals surface area contributed by atoms with Crippen LogP contribution in [0.1, 0.15) is 64.9 Å². The molecular formula is C32H42N8O. The molecule has 1 amide bonds. The fourth-order valence-electron chi connectivity index (χ4n) is 6.68. The van der Waals surface area contributed by atoms with Gasteiger partial charge >= 0.3 is 0 Å². The minimum Gasteiger partial charge on any atom is -0.366 e. The minimum atomic E-state index is -0.338. The Morgan fingerprint density at radius 3 is 2.71 bits per heavy atom. The summed E-state index contributed by atoms with van der Waals surface area (Å²) in [4.78, 5) is 34.1. The van der Waals surface area contributed by atoms with Crippen molar-refractivity contribution in [2.24, 2.45) is 5.41 Å². The van der Waals surface area contributed by atoms with Crippen LogP contribution < -0.4 is 20.4 Å². The Bertz CT molecular complexity index is 1330. The molecule has 5 heterocycles. The summed E-state index contributed by atoms with van der Waals surface area (Å²) in [6, 6.07) is 3.80. The van der Waals surface area contributed by atoms with Crippen LogP contribution in [-0.2, 0) is 4.79 Å². The molecule has 1 spiro atoms. The zero-order chi connectivity index (χ0) is 28.6. The average molecular weight is 555 g/mol. The quantitative estimate of drug-likeness (QED) is 0.532. The van der Waals surface area contributed by atoms with E-state index in [-0.39, 0.29) is 23.5 Å². The molecule has 216 valence electrons. The van der Waals surface area contributed by atoms with Gasteiger partial charge < -0.3 is 20.4 Å². The van der Waals surface area contributed by atoms with Gasteiger partial charge in [0.05, 0.1) is 23.5 Å². The molecule has 2 aromatic heterocycles. The van der Waals surface area contributed by atoms with Gasteiger partial charge in [-0.25, -0.2) is 9.97 Å². The molecule has 2 atom stereocenters. The van der Waals surface area contributed by atoms with Crippen LogP contribution in [0.2, 0.25) is 0 Å². The molecule has 1 saturated carbocycles. The van der Waals surface area contributed by atoms with E-state index in [4.69, 9.17) is 11.4 Å². The fraction of sp³-hybridized carbons (Fsp3) is 0.562. The highest BCUT2D eigenvalue weighted by molar-refractivity contribution is 5.93. The van der Waals surface area contributed by atoms with Crippen LogP contribution in [0, 0.1) is 17.8 Å². The molecular weight excluding hydrogens is 512 g/mol. The highest BCUT2D eigenvalue weighted by Gasteiger charge is 2.49. The molecule has 2 aromatic rings. The van der Waals surface area contributed by atoms with Crippen molar-refractivity contribution in [3.63, 3.8) is 0 Å². The van der Waals surface area contributed by atoms with Gasteiger partial charge in [-0.3, -0.25) is 9.69 Å². The van der Waals surface area contributed by atoms with Gasteiger partial charge in [-0.05, 0) is 43.4 Å². The lowest BCUT2D eigenvalue weighted by Crippen LogP contribution is -2.69. The average Bonchev–Trinajstić information content (AvgIpc) is 2.98. The highest BCUT2D eigenvalue weighted by Crippen LogP contribution is 2.43. The van der Waals surface area contributed by atoms with Crippen LogP contribution >= 0.6 is 0 Å². The van der Waals surface area contributed by atoms with Crippen molar-refractivity contribution in [2.75, 3.05) is 47.8 Å². The second-order valence-electron chi connectivity index (χ2n) is 13.2. The fourth-order valence-corrected chi connectivity index (χ4v) is 6.68. The lowest BCUT2D eigenvalue weighted by molar-refractivity contribution is -0.123. The maximum atomic E-state index is 12.8. The van der Waals surface area contributed by atoms with E-state index in [0.717, 1.165) is 62.5 Å². The summed E-state index contributed by atoms with van der Waals surface area (Å²) in [7, 11) is 0. The predicted octanol–water partition coefficient (Wildman–Crippen LogP) is 4.21. The molecule has 0 aromatic carbocycles. The van der Waals surface area contributed by atoms with Crippen molar-refractivity contribution in [2.45, 2.75) is 76.9 Å². The molecule has 0 radical (unpaired) electrons. The van der Waals surface area contributed by atoms with Gasteiger partial charge in [0.1, 0.15) is 17.7 Å². The van der Waals surface area contributed by atoms with E-state index in [0.29, 0.717) is 23.7 Å². The third-order valence-corrected chi connectivity index (χ3v) is 9.10. The van der Waals surface area contributed by atoms with Gasteiger partial charge in [0.2, 0.25) is 11.9 Å². The van der Waals surface area contributed by atoms with Gasteiger partial charge in [0.15, 0.2) is 0 Å². The molecule has 4 aliphatic rings. The molecule has 2 unspecified atom stereocenters. The Morgan fingerprint density at radius 1 is 1.15 bits per heavy atom. The predicted molar refractivity (Wildman–Crippen MR) is 164 cm³/mol. The van der Waals surface area contributed by atoms with Crippen molar-refractivity contribution >= 4 is 35.3 Å². The summed E-state index contributed by atoms with van der Waals surface area (Å²) < 4.78 is 0. The Labute approximate surface area is 243 Å². The molecule has 2 saturated heterocycles. The van der Waals surface area contributed by atoms with Crippen molar-refractivity contribution < 1.29 is 4.79 Å². The first-order valence-corrected chi connectivity index (χ1v) is 15.1. The topological polar surface area (TPSA) is 89.5 Å². The number of nitrogens with one attached hydrogen (secondary N) is 2. The normalized spacial score (nSPS) is 23.9. The first-order valence-electron chi connectivity index (χ1n) is 15.1. The highest BCUT2D eigenvalue weighted by atomic mass is 16.2. The summed E-state index contributed by atoms with van der Waals surface area (Å²) in [5.41, 5.74) is 2.20. The lowest BCUT2D eigenvalue weighted by Gasteiger charge is -2.54. The van der Waals surface area contributed by atoms with Crippen LogP contribution in [0.5, 0.6) is 0 Å². The first kappa shape index (κ1) is 27.5. The van der Waals surface area contributed by atoms with Crippen LogP contribution in [-0.4, -0.2) is 76.1 Å². The SMILES string of the molecule is C#CC1CN(c2ccc(Nc3ncc4c(n3)N3C(C=C4)C(=O)NCC34CCCCC4)nc2)CCN1CCC(C)(C)C. The second-order valence-corrected chi connectivity index (χ2v) is 13.2. The number of nitrogens with zero attached hydrogens (tertiary/aromatic N) is 6. The second kappa shape index (κ2) is 11.0. The summed E-state index contributed by atoms with van der Waals surface area (Å²) in [5.74, 6) is 5.03. The van der Waals surface area contributed by atoms with Crippen LogP contribution in [0.4, 0.5) is 23.3 Å². The van der Waals surface area contributed by atoms with E-state index < -0.39 is 0 Å². The van der Waals surface area contributed by atoms with Gasteiger partial charge in [-0.1, -0.05) is 58.1 Å². The monoisotopic (exact) mass is 554 g/mol. The van der Waals surface area contributed by atoms with Crippen LogP contribution in [0.15, 0.2) is 30.6 Å². The third kappa shape index (κ3) is 5.62. The molecule has 9 nitrogen and oxygen atoms in total. The molecule has 6 rings (SSSR count). The van der Waals surface area contributed by atoms with Crippen molar-refractivity contribution in [1.29, 1.82) is 0 Å². The number of carbonyl (C=O) groups excluding carboxylic acids is 1. The van der Waals surface area contributed by atoms with E-state index in [1.54, 1.807) is 0 Å². The van der Waals surface area contributed by atoms with Crippen molar-refractivity contribution in [1.82, 2.24) is 25.2 Å². The van der Waals surface area contributed by atoms with Crippen molar-refractivity contribution in [3.05, 3.63) is 36.2 Å². The first-order chi connectivity index (χ1) is 19.7. The zero-order valence-corrected chi connectivity index (χ0v) is 24.6. The number of aromatic nitrogens is 3. The van der Waals surface area contributed by atoms with Gasteiger partial charge in [-0.15, -0.1) is 6.42 Å². The van der Waals surface area contributed by atoms with Crippen LogP contribution in [0.3, 0.4) is 0 Å². The van der Waals surface area contributed by atoms with Crippen molar-refractivity contribution in [3.8, 4) is 12.3 Å². The Balaban J connectivity index is 1.16. The van der Waals surface area contributed by atoms with Gasteiger partial charge in [-0.2, -0.15) is 4.98 Å². The Morgan fingerprint density at radius 2 is 1.98 bits per heavy atom. The summed E-state index contributed by atoms with van der Waals surface area (Å²) >= 11 is 0. The third-order valence-electron chi connectivity index (χ3n) is 9.10. The number of hydrogen-bond donors (Lipinski definition) is 2. The number of anilines is 4. The number of terminal acetylenes is 1.